The number of nitrogen functional groups attached to an aromatic ring is 1. The summed E-state index contributed by atoms with van der Waals surface area (Å²) in [6.45, 7) is 3.27. The Balaban J connectivity index is 1.57. The number of nitrogens with two attached hydrogens (primary N) is 1. The van der Waals surface area contributed by atoms with Crippen molar-refractivity contribution in [2.45, 2.75) is 44.2 Å². The van der Waals surface area contributed by atoms with Gasteiger partial charge in [0.15, 0.2) is 0 Å². The zero-order valence-corrected chi connectivity index (χ0v) is 13.4. The summed E-state index contributed by atoms with van der Waals surface area (Å²) in [5, 5.41) is 3.42. The second-order valence-electron chi connectivity index (χ2n) is 6.63. The molecule has 2 aromatic rings. The number of anilines is 3. The Labute approximate surface area is 136 Å². The zero-order valence-electron chi connectivity index (χ0n) is 13.4. The molecule has 1 aliphatic heterocycles. The highest BCUT2D eigenvalue weighted by molar-refractivity contribution is 5.55. The van der Waals surface area contributed by atoms with Gasteiger partial charge in [-0.1, -0.05) is 30.3 Å². The monoisotopic (exact) mass is 309 g/mol. The number of nitrogens with one attached hydrogen (secondary N) is 1. The van der Waals surface area contributed by atoms with Crippen molar-refractivity contribution >= 4 is 17.6 Å². The largest absolute Gasteiger partial charge is 0.368 e. The molecule has 5 nitrogen and oxygen atoms in total. The molecule has 1 aromatic carbocycles. The maximum Gasteiger partial charge on any atom is 0.223 e. The molecular formula is C18H23N5. The maximum absolute atomic E-state index is 5.93. The van der Waals surface area contributed by atoms with E-state index in [9.17, 15) is 0 Å². The molecule has 0 spiro atoms. The van der Waals surface area contributed by atoms with Gasteiger partial charge in [0.1, 0.15) is 11.6 Å². The molecule has 2 heterocycles. The van der Waals surface area contributed by atoms with Gasteiger partial charge in [0.25, 0.3) is 0 Å². The molecule has 2 aliphatic rings. The van der Waals surface area contributed by atoms with Crippen LogP contribution in [0.1, 0.15) is 37.7 Å². The summed E-state index contributed by atoms with van der Waals surface area (Å²) in [5.41, 5.74) is 7.33. The molecule has 0 unspecified atom stereocenters. The summed E-state index contributed by atoms with van der Waals surface area (Å²) in [5.74, 6) is 2.67. The van der Waals surface area contributed by atoms with Gasteiger partial charge in [-0.25, -0.2) is 0 Å². The van der Waals surface area contributed by atoms with E-state index in [1.165, 1.54) is 18.4 Å². The minimum atomic E-state index is 0.348. The molecule has 0 radical (unpaired) electrons. The van der Waals surface area contributed by atoms with Crippen LogP contribution >= 0.6 is 0 Å². The molecule has 23 heavy (non-hydrogen) atoms. The van der Waals surface area contributed by atoms with Gasteiger partial charge < -0.3 is 16.0 Å². The molecule has 0 amide bonds. The van der Waals surface area contributed by atoms with Crippen molar-refractivity contribution in [3.8, 4) is 0 Å². The quantitative estimate of drug-likeness (QED) is 0.908. The Morgan fingerprint density at radius 2 is 1.91 bits per heavy atom. The van der Waals surface area contributed by atoms with E-state index in [1.807, 2.05) is 6.07 Å². The van der Waals surface area contributed by atoms with Crippen molar-refractivity contribution in [2.24, 2.45) is 0 Å². The van der Waals surface area contributed by atoms with Gasteiger partial charge in [-0.3, -0.25) is 0 Å². The smallest absolute Gasteiger partial charge is 0.223 e. The van der Waals surface area contributed by atoms with Gasteiger partial charge >= 0.3 is 0 Å². The van der Waals surface area contributed by atoms with Crippen molar-refractivity contribution in [3.63, 3.8) is 0 Å². The van der Waals surface area contributed by atoms with E-state index < -0.39 is 0 Å². The van der Waals surface area contributed by atoms with E-state index in [-0.39, 0.29) is 0 Å². The first-order chi connectivity index (χ1) is 11.2. The highest BCUT2D eigenvalue weighted by Gasteiger charge is 2.33. The van der Waals surface area contributed by atoms with Crippen molar-refractivity contribution in [3.05, 3.63) is 42.0 Å². The van der Waals surface area contributed by atoms with Crippen LogP contribution in [0.3, 0.4) is 0 Å². The first-order valence-corrected chi connectivity index (χ1v) is 8.43. The first-order valence-electron chi connectivity index (χ1n) is 8.43. The summed E-state index contributed by atoms with van der Waals surface area (Å²) in [7, 11) is 0. The Morgan fingerprint density at radius 1 is 1.13 bits per heavy atom. The van der Waals surface area contributed by atoms with Gasteiger partial charge in [-0.05, 0) is 31.7 Å². The van der Waals surface area contributed by atoms with Crippen LogP contribution in [-0.4, -0.2) is 28.6 Å². The van der Waals surface area contributed by atoms with Crippen LogP contribution in [0.4, 0.5) is 17.6 Å². The van der Waals surface area contributed by atoms with Gasteiger partial charge in [0.05, 0.1) is 0 Å². The molecule has 0 bridgehead atoms. The third kappa shape index (κ3) is 2.96. The van der Waals surface area contributed by atoms with Gasteiger partial charge in [-0.15, -0.1) is 0 Å². The standard InChI is InChI=1S/C18H23N5/c1-12-15(13-5-3-2-4-6-13)9-10-23(12)17-11-16(20-14-7-8-14)21-18(19)22-17/h2-6,11-12,14-15H,7-10H2,1H3,(H3,19,20,21,22)/t12-,15+/m1/s1. The molecule has 1 saturated carbocycles. The van der Waals surface area contributed by atoms with Crippen LogP contribution < -0.4 is 16.0 Å². The van der Waals surface area contributed by atoms with Crippen LogP contribution in [0.15, 0.2) is 36.4 Å². The average molecular weight is 309 g/mol. The van der Waals surface area contributed by atoms with Crippen molar-refractivity contribution in [2.75, 3.05) is 22.5 Å². The fraction of sp³-hybridized carbons (Fsp3) is 0.444. The topological polar surface area (TPSA) is 67.1 Å². The molecule has 1 aromatic heterocycles. The summed E-state index contributed by atoms with van der Waals surface area (Å²) >= 11 is 0. The molecule has 1 aliphatic carbocycles. The summed E-state index contributed by atoms with van der Waals surface area (Å²) in [4.78, 5) is 11.1. The predicted molar refractivity (Wildman–Crippen MR) is 93.7 cm³/mol. The lowest BCUT2D eigenvalue weighted by atomic mass is 9.93. The molecule has 5 heteroatoms. The van der Waals surface area contributed by atoms with Crippen LogP contribution in [0, 0.1) is 0 Å². The summed E-state index contributed by atoms with van der Waals surface area (Å²) in [6, 6.07) is 13.7. The predicted octanol–water partition coefficient (Wildman–Crippen LogP) is 3.02. The minimum Gasteiger partial charge on any atom is -0.368 e. The van der Waals surface area contributed by atoms with E-state index in [4.69, 9.17) is 5.73 Å². The number of aromatic nitrogens is 2. The van der Waals surface area contributed by atoms with Gasteiger partial charge in [0, 0.05) is 30.6 Å². The lowest BCUT2D eigenvalue weighted by Crippen LogP contribution is -2.30. The molecule has 120 valence electrons. The van der Waals surface area contributed by atoms with Crippen LogP contribution in [-0.2, 0) is 0 Å². The molecule has 2 fully saturated rings. The van der Waals surface area contributed by atoms with Gasteiger partial charge in [-0.2, -0.15) is 9.97 Å². The van der Waals surface area contributed by atoms with Gasteiger partial charge in [0.2, 0.25) is 5.95 Å². The number of nitrogens with zero attached hydrogens (tertiary/aromatic N) is 3. The molecule has 3 N–H and O–H groups in total. The molecule has 2 atom stereocenters. The number of benzene rings is 1. The molecule has 1 saturated heterocycles. The van der Waals surface area contributed by atoms with Crippen molar-refractivity contribution in [1.29, 1.82) is 0 Å². The Kier molecular flexibility index (Phi) is 3.56. The van der Waals surface area contributed by atoms with E-state index in [0.717, 1.165) is 24.6 Å². The highest BCUT2D eigenvalue weighted by Crippen LogP contribution is 2.36. The van der Waals surface area contributed by atoms with Crippen molar-refractivity contribution < 1.29 is 0 Å². The SMILES string of the molecule is C[C@@H]1[C@@H](c2ccccc2)CCN1c1cc(NC2CC2)nc(N)n1. The van der Waals surface area contributed by atoms with Crippen molar-refractivity contribution in [1.82, 2.24) is 9.97 Å². The third-order valence-corrected chi connectivity index (χ3v) is 4.94. The van der Waals surface area contributed by atoms with Crippen LogP contribution in [0.5, 0.6) is 0 Å². The normalized spacial score (nSPS) is 24.0. The number of hydrogen-bond donors (Lipinski definition) is 2. The molecule has 4 rings (SSSR count). The van der Waals surface area contributed by atoms with E-state index in [0.29, 0.717) is 23.9 Å². The minimum absolute atomic E-state index is 0.348. The fourth-order valence-corrected chi connectivity index (χ4v) is 3.52. The average Bonchev–Trinajstić information content (AvgIpc) is 3.27. The lowest BCUT2D eigenvalue weighted by molar-refractivity contribution is 0.632. The number of rotatable bonds is 4. The van der Waals surface area contributed by atoms with E-state index in [2.05, 4.69) is 57.4 Å². The molecular weight excluding hydrogens is 286 g/mol. The second kappa shape index (κ2) is 5.72. The highest BCUT2D eigenvalue weighted by atomic mass is 15.3. The zero-order chi connectivity index (χ0) is 15.8. The lowest BCUT2D eigenvalue weighted by Gasteiger charge is -2.26. The summed E-state index contributed by atoms with van der Waals surface area (Å²) in [6.07, 6.45) is 3.57. The van der Waals surface area contributed by atoms with Crippen LogP contribution in [0.25, 0.3) is 0 Å². The fourth-order valence-electron chi connectivity index (χ4n) is 3.52. The van der Waals surface area contributed by atoms with E-state index >= 15 is 0 Å². The Bertz CT molecular complexity index is 683. The Morgan fingerprint density at radius 3 is 2.65 bits per heavy atom. The van der Waals surface area contributed by atoms with E-state index in [1.54, 1.807) is 0 Å². The van der Waals surface area contributed by atoms with Crippen LogP contribution in [0.2, 0.25) is 0 Å². The second-order valence-corrected chi connectivity index (χ2v) is 6.63. The maximum atomic E-state index is 5.93. The summed E-state index contributed by atoms with van der Waals surface area (Å²) < 4.78 is 0. The number of hydrogen-bond acceptors (Lipinski definition) is 5. The third-order valence-electron chi connectivity index (χ3n) is 4.94. The first kappa shape index (κ1) is 14.3. The Hall–Kier alpha value is -2.30.